The van der Waals surface area contributed by atoms with E-state index < -0.39 is 5.41 Å². The van der Waals surface area contributed by atoms with Crippen molar-refractivity contribution in [2.75, 3.05) is 19.6 Å². The van der Waals surface area contributed by atoms with Crippen LogP contribution in [0.15, 0.2) is 91.0 Å². The highest BCUT2D eigenvalue weighted by Gasteiger charge is 2.41. The Labute approximate surface area is 217 Å². The molecule has 0 bridgehead atoms. The van der Waals surface area contributed by atoms with Gasteiger partial charge in [-0.05, 0) is 48.3 Å². The molecule has 0 aromatic heterocycles. The molecule has 3 heteroatoms. The maximum Gasteiger partial charge on any atom is 0.238 e. The molecule has 0 atom stereocenters. The van der Waals surface area contributed by atoms with Crippen LogP contribution in [0.4, 0.5) is 0 Å². The van der Waals surface area contributed by atoms with E-state index in [1.54, 1.807) is 0 Å². The number of hydrogen-bond donors (Lipinski definition) is 0. The molecule has 1 amide bonds. The lowest BCUT2D eigenvalue weighted by molar-refractivity contribution is -0.154. The number of amides is 1. The van der Waals surface area contributed by atoms with Crippen molar-refractivity contribution in [3.63, 3.8) is 0 Å². The van der Waals surface area contributed by atoms with Crippen LogP contribution >= 0.6 is 0 Å². The van der Waals surface area contributed by atoms with Crippen LogP contribution in [0, 0.1) is 5.92 Å². The molecule has 0 unspecified atom stereocenters. The zero-order valence-electron chi connectivity index (χ0n) is 21.5. The monoisotopic (exact) mass is 480 g/mol. The third kappa shape index (κ3) is 5.42. The minimum Gasteiger partial charge on any atom is -0.275 e. The van der Waals surface area contributed by atoms with E-state index in [0.717, 1.165) is 19.6 Å². The smallest absolute Gasteiger partial charge is 0.238 e. The van der Waals surface area contributed by atoms with Gasteiger partial charge in [0.1, 0.15) is 0 Å². The molecule has 1 aliphatic heterocycles. The lowest BCUT2D eigenvalue weighted by Crippen LogP contribution is -2.52. The minimum absolute atomic E-state index is 0.249. The molecular formula is C33H40N2O. The van der Waals surface area contributed by atoms with Crippen molar-refractivity contribution < 1.29 is 4.79 Å². The van der Waals surface area contributed by atoms with Gasteiger partial charge < -0.3 is 0 Å². The van der Waals surface area contributed by atoms with E-state index in [1.165, 1.54) is 68.1 Å². The number of rotatable bonds is 8. The Morgan fingerprint density at radius 3 is 1.58 bits per heavy atom. The van der Waals surface area contributed by atoms with Crippen molar-refractivity contribution in [1.29, 1.82) is 0 Å². The van der Waals surface area contributed by atoms with Crippen molar-refractivity contribution in [2.45, 2.75) is 63.2 Å². The van der Waals surface area contributed by atoms with Crippen LogP contribution < -0.4 is 0 Å². The first-order valence-electron chi connectivity index (χ1n) is 14.0. The number of carbonyl (C=O) groups excluding carboxylic acids is 1. The zero-order valence-corrected chi connectivity index (χ0v) is 21.5. The summed E-state index contributed by atoms with van der Waals surface area (Å²) in [6.45, 7) is 2.86. The lowest BCUT2D eigenvalue weighted by Gasteiger charge is -2.43. The number of nitrogens with zero attached hydrogens (tertiary/aromatic N) is 2. The van der Waals surface area contributed by atoms with Crippen molar-refractivity contribution in [3.8, 4) is 0 Å². The Kier molecular flexibility index (Phi) is 8.18. The fraction of sp³-hybridized carbons (Fsp3) is 0.424. The van der Waals surface area contributed by atoms with E-state index in [2.05, 4.69) is 101 Å². The molecule has 0 N–H and O–H groups in total. The first-order valence-corrected chi connectivity index (χ1v) is 14.0. The number of piperidine rings is 1. The van der Waals surface area contributed by atoms with E-state index >= 15 is 0 Å². The normalized spacial score (nSPS) is 17.6. The Morgan fingerprint density at radius 1 is 0.667 bits per heavy atom. The van der Waals surface area contributed by atoms with Gasteiger partial charge in [0.05, 0.1) is 5.41 Å². The largest absolute Gasteiger partial charge is 0.275 e. The fourth-order valence-corrected chi connectivity index (χ4v) is 6.40. The van der Waals surface area contributed by atoms with E-state index in [-0.39, 0.29) is 5.91 Å². The van der Waals surface area contributed by atoms with Gasteiger partial charge in [-0.25, -0.2) is 5.01 Å². The summed E-state index contributed by atoms with van der Waals surface area (Å²) in [5, 5.41) is 4.56. The average molecular weight is 481 g/mol. The molecule has 2 aliphatic rings. The lowest BCUT2D eigenvalue weighted by atomic mass is 9.67. The number of hydrogen-bond acceptors (Lipinski definition) is 2. The Morgan fingerprint density at radius 2 is 1.11 bits per heavy atom. The molecule has 1 saturated heterocycles. The predicted molar refractivity (Wildman–Crippen MR) is 148 cm³/mol. The summed E-state index contributed by atoms with van der Waals surface area (Å²) in [6, 6.07) is 32.0. The molecule has 1 heterocycles. The standard InChI is InChI=1S/C33H40N2O/c36-32(35(34-24-14-5-15-25-34)27-28-16-6-1-7-17-28)26-33(29-18-8-2-9-19-29,30-20-10-3-11-21-30)31-22-12-4-13-23-31/h2-4,8-13,18-23,28H,1,5-7,14-17,24-27H2. The third-order valence-corrected chi connectivity index (χ3v) is 8.33. The molecule has 0 spiro atoms. The van der Waals surface area contributed by atoms with Gasteiger partial charge in [0, 0.05) is 26.1 Å². The summed E-state index contributed by atoms with van der Waals surface area (Å²) >= 11 is 0. The minimum atomic E-state index is -0.540. The van der Waals surface area contributed by atoms with E-state index in [1.807, 2.05) is 0 Å². The van der Waals surface area contributed by atoms with Crippen LogP contribution in [0.25, 0.3) is 0 Å². The molecule has 188 valence electrons. The van der Waals surface area contributed by atoms with Gasteiger partial charge in [0.25, 0.3) is 0 Å². The Bertz CT molecular complexity index is 974. The SMILES string of the molecule is O=C(CC(c1ccccc1)(c1ccccc1)c1ccccc1)N(CC1CCCCC1)N1CCCCC1. The molecule has 3 aromatic carbocycles. The van der Waals surface area contributed by atoms with Crippen LogP contribution in [-0.4, -0.2) is 35.6 Å². The van der Waals surface area contributed by atoms with Gasteiger partial charge in [-0.3, -0.25) is 9.80 Å². The quantitative estimate of drug-likeness (QED) is 0.318. The fourth-order valence-electron chi connectivity index (χ4n) is 6.40. The summed E-state index contributed by atoms with van der Waals surface area (Å²) in [4.78, 5) is 14.5. The van der Waals surface area contributed by atoms with Crippen LogP contribution in [-0.2, 0) is 10.2 Å². The highest BCUT2D eigenvalue weighted by atomic mass is 16.2. The summed E-state index contributed by atoms with van der Waals surface area (Å²) in [5.74, 6) is 0.864. The van der Waals surface area contributed by atoms with Crippen molar-refractivity contribution in [3.05, 3.63) is 108 Å². The molecule has 1 aliphatic carbocycles. The maximum atomic E-state index is 14.5. The summed E-state index contributed by atoms with van der Waals surface area (Å²) in [5.41, 5.74) is 2.98. The van der Waals surface area contributed by atoms with Crippen LogP contribution in [0.3, 0.4) is 0 Å². The molecule has 0 radical (unpaired) electrons. The van der Waals surface area contributed by atoms with E-state index in [0.29, 0.717) is 12.3 Å². The molecule has 3 nitrogen and oxygen atoms in total. The number of carbonyl (C=O) groups is 1. The zero-order chi connectivity index (χ0) is 24.6. The van der Waals surface area contributed by atoms with Crippen molar-refractivity contribution in [2.24, 2.45) is 5.92 Å². The maximum absolute atomic E-state index is 14.5. The van der Waals surface area contributed by atoms with Gasteiger partial charge in [-0.2, -0.15) is 0 Å². The first-order chi connectivity index (χ1) is 17.8. The summed E-state index contributed by atoms with van der Waals surface area (Å²) in [6.07, 6.45) is 10.5. The number of benzene rings is 3. The van der Waals surface area contributed by atoms with Gasteiger partial charge >= 0.3 is 0 Å². The van der Waals surface area contributed by atoms with Crippen molar-refractivity contribution in [1.82, 2.24) is 10.0 Å². The predicted octanol–water partition coefficient (Wildman–Crippen LogP) is 7.22. The third-order valence-electron chi connectivity index (χ3n) is 8.33. The summed E-state index contributed by atoms with van der Waals surface area (Å²) < 4.78 is 0. The second kappa shape index (κ2) is 11.9. The highest BCUT2D eigenvalue weighted by molar-refractivity contribution is 5.80. The van der Waals surface area contributed by atoms with Crippen LogP contribution in [0.2, 0.25) is 0 Å². The van der Waals surface area contributed by atoms with Crippen molar-refractivity contribution >= 4 is 5.91 Å². The summed E-state index contributed by atoms with van der Waals surface area (Å²) in [7, 11) is 0. The topological polar surface area (TPSA) is 23.6 Å². The van der Waals surface area contributed by atoms with Crippen LogP contribution in [0.1, 0.15) is 74.5 Å². The molecule has 3 aromatic rings. The average Bonchev–Trinajstić information content (AvgIpc) is 2.97. The Balaban J connectivity index is 1.57. The molecule has 5 rings (SSSR count). The first kappa shape index (κ1) is 24.8. The van der Waals surface area contributed by atoms with Gasteiger partial charge in [0.15, 0.2) is 0 Å². The molecular weight excluding hydrogens is 440 g/mol. The van der Waals surface area contributed by atoms with Gasteiger partial charge in [-0.15, -0.1) is 0 Å². The molecule has 2 fully saturated rings. The second-order valence-electron chi connectivity index (χ2n) is 10.7. The van der Waals surface area contributed by atoms with E-state index in [4.69, 9.17) is 0 Å². The second-order valence-corrected chi connectivity index (χ2v) is 10.7. The van der Waals surface area contributed by atoms with Crippen LogP contribution in [0.5, 0.6) is 0 Å². The Hall–Kier alpha value is -2.91. The van der Waals surface area contributed by atoms with Gasteiger partial charge in [-0.1, -0.05) is 117 Å². The molecule has 1 saturated carbocycles. The molecule has 36 heavy (non-hydrogen) atoms. The highest BCUT2D eigenvalue weighted by Crippen LogP contribution is 2.43. The van der Waals surface area contributed by atoms with E-state index in [9.17, 15) is 4.79 Å². The van der Waals surface area contributed by atoms with Gasteiger partial charge in [0.2, 0.25) is 5.91 Å². The number of hydrazine groups is 1.